The van der Waals surface area contributed by atoms with Crippen LogP contribution in [0.15, 0.2) is 0 Å². The van der Waals surface area contributed by atoms with E-state index < -0.39 is 0 Å². The zero-order valence-electron chi connectivity index (χ0n) is 10.0. The Morgan fingerprint density at radius 1 is 0.857 bits per heavy atom. The molecular formula is C13H21O. The molecule has 0 N–H and O–H groups in total. The van der Waals surface area contributed by atoms with E-state index in [4.69, 9.17) is 4.74 Å². The number of hydrogen-bond acceptors (Lipinski definition) is 1. The van der Waals surface area contributed by atoms with Crippen molar-refractivity contribution in [2.45, 2.75) is 40.5 Å². The Hall–Kier alpha value is -0.0400. The Kier molecular flexibility index (Phi) is 4.43. The maximum atomic E-state index is 5.08. The minimum atomic E-state index is 0.863. The highest BCUT2D eigenvalue weighted by molar-refractivity contribution is 5.58. The Labute approximate surface area is 89.2 Å². The lowest BCUT2D eigenvalue weighted by atomic mass is 9.86. The van der Waals surface area contributed by atoms with E-state index in [0.29, 0.717) is 0 Å². The standard InChI is InChI=1S/C13H21O/c1-9-10(2)12(4)13(11(9)3)7-6-8-14-5/h6-8H2,1-5H3. The van der Waals surface area contributed by atoms with Crippen LogP contribution in [-0.2, 0) is 4.74 Å². The molecule has 1 fully saturated rings. The molecule has 1 aliphatic rings. The van der Waals surface area contributed by atoms with Gasteiger partial charge in [-0.2, -0.15) is 0 Å². The van der Waals surface area contributed by atoms with Crippen LogP contribution in [0, 0.1) is 29.6 Å². The zero-order chi connectivity index (χ0) is 10.7. The summed E-state index contributed by atoms with van der Waals surface area (Å²) < 4.78 is 5.08. The molecule has 0 atom stereocenters. The maximum Gasteiger partial charge on any atom is 0.0462 e. The van der Waals surface area contributed by atoms with Crippen molar-refractivity contribution in [3.05, 3.63) is 29.6 Å². The molecular weight excluding hydrogens is 172 g/mol. The van der Waals surface area contributed by atoms with E-state index in [0.717, 1.165) is 19.4 Å². The van der Waals surface area contributed by atoms with E-state index >= 15 is 0 Å². The fraction of sp³-hybridized carbons (Fsp3) is 0.615. The second-order valence-corrected chi connectivity index (χ2v) is 4.07. The molecule has 0 aliphatic heterocycles. The molecule has 1 rings (SSSR count). The summed E-state index contributed by atoms with van der Waals surface area (Å²) in [7, 11) is 1.77. The van der Waals surface area contributed by atoms with Gasteiger partial charge in [0.2, 0.25) is 0 Å². The third kappa shape index (κ3) is 2.31. The normalized spacial score (nSPS) is 23.8. The lowest BCUT2D eigenvalue weighted by Gasteiger charge is -2.19. The Morgan fingerprint density at radius 3 is 1.79 bits per heavy atom. The highest BCUT2D eigenvalue weighted by atomic mass is 16.5. The van der Waals surface area contributed by atoms with Gasteiger partial charge in [-0.25, -0.2) is 0 Å². The second-order valence-electron chi connectivity index (χ2n) is 4.07. The zero-order valence-corrected chi connectivity index (χ0v) is 10.0. The van der Waals surface area contributed by atoms with Gasteiger partial charge < -0.3 is 4.74 Å². The molecule has 5 radical (unpaired) electrons. The predicted octanol–water partition coefficient (Wildman–Crippen LogP) is 3.38. The smallest absolute Gasteiger partial charge is 0.0462 e. The largest absolute Gasteiger partial charge is 0.385 e. The van der Waals surface area contributed by atoms with E-state index in [1.807, 2.05) is 0 Å². The first kappa shape index (κ1) is 12.0. The van der Waals surface area contributed by atoms with Gasteiger partial charge in [0.25, 0.3) is 0 Å². The van der Waals surface area contributed by atoms with Gasteiger partial charge in [-0.15, -0.1) is 0 Å². The third-order valence-corrected chi connectivity index (χ3v) is 3.37. The average molecular weight is 193 g/mol. The van der Waals surface area contributed by atoms with Gasteiger partial charge in [-0.1, -0.05) is 27.7 Å². The molecule has 14 heavy (non-hydrogen) atoms. The summed E-state index contributed by atoms with van der Waals surface area (Å²) in [6, 6.07) is 0. The van der Waals surface area contributed by atoms with Crippen molar-refractivity contribution in [2.75, 3.05) is 13.7 Å². The molecule has 1 nitrogen and oxygen atoms in total. The summed E-state index contributed by atoms with van der Waals surface area (Å²) in [6.45, 7) is 9.77. The Morgan fingerprint density at radius 2 is 1.36 bits per heavy atom. The van der Waals surface area contributed by atoms with Gasteiger partial charge in [-0.05, 0) is 42.4 Å². The minimum absolute atomic E-state index is 0.863. The van der Waals surface area contributed by atoms with Crippen molar-refractivity contribution in [3.63, 3.8) is 0 Å². The van der Waals surface area contributed by atoms with Crippen LogP contribution >= 0.6 is 0 Å². The van der Waals surface area contributed by atoms with Crippen molar-refractivity contribution in [1.29, 1.82) is 0 Å². The molecule has 0 amide bonds. The van der Waals surface area contributed by atoms with Crippen LogP contribution in [0.25, 0.3) is 0 Å². The first-order valence-electron chi connectivity index (χ1n) is 5.30. The SMILES string of the molecule is COCCC[C]1[C](C)[C](C)[C](C)[C]1C. The molecule has 0 heterocycles. The fourth-order valence-electron chi connectivity index (χ4n) is 2.06. The summed E-state index contributed by atoms with van der Waals surface area (Å²) in [6.07, 6.45) is 2.28. The van der Waals surface area contributed by atoms with Gasteiger partial charge in [-0.3, -0.25) is 0 Å². The summed E-state index contributed by atoms with van der Waals surface area (Å²) >= 11 is 0. The van der Waals surface area contributed by atoms with E-state index in [2.05, 4.69) is 27.7 Å². The quantitative estimate of drug-likeness (QED) is 0.622. The van der Waals surface area contributed by atoms with Gasteiger partial charge in [0.15, 0.2) is 0 Å². The van der Waals surface area contributed by atoms with Crippen molar-refractivity contribution < 1.29 is 4.74 Å². The average Bonchev–Trinajstić information content (AvgIpc) is 2.35. The fourth-order valence-corrected chi connectivity index (χ4v) is 2.06. The molecule has 0 saturated heterocycles. The lowest BCUT2D eigenvalue weighted by Crippen LogP contribution is -2.08. The van der Waals surface area contributed by atoms with E-state index in [1.54, 1.807) is 7.11 Å². The van der Waals surface area contributed by atoms with E-state index in [1.165, 1.54) is 29.6 Å². The number of ether oxygens (including phenoxy) is 1. The maximum absolute atomic E-state index is 5.08. The van der Waals surface area contributed by atoms with Crippen molar-refractivity contribution in [1.82, 2.24) is 0 Å². The molecule has 1 aliphatic carbocycles. The number of methoxy groups -OCH3 is 1. The Bertz CT molecular complexity index is 153. The molecule has 0 aromatic heterocycles. The summed E-state index contributed by atoms with van der Waals surface area (Å²) in [5.41, 5.74) is 0. The van der Waals surface area contributed by atoms with Crippen LogP contribution in [0.4, 0.5) is 0 Å². The predicted molar refractivity (Wildman–Crippen MR) is 60.0 cm³/mol. The monoisotopic (exact) mass is 193 g/mol. The van der Waals surface area contributed by atoms with Crippen molar-refractivity contribution in [3.8, 4) is 0 Å². The lowest BCUT2D eigenvalue weighted by molar-refractivity contribution is 0.194. The topological polar surface area (TPSA) is 9.23 Å². The summed E-state index contributed by atoms with van der Waals surface area (Å²) in [5.74, 6) is 7.44. The van der Waals surface area contributed by atoms with Gasteiger partial charge >= 0.3 is 0 Å². The summed E-state index contributed by atoms with van der Waals surface area (Å²) in [4.78, 5) is 0. The molecule has 1 heteroatoms. The highest BCUT2D eigenvalue weighted by Crippen LogP contribution is 2.53. The van der Waals surface area contributed by atoms with Crippen molar-refractivity contribution in [2.24, 2.45) is 0 Å². The van der Waals surface area contributed by atoms with E-state index in [9.17, 15) is 0 Å². The molecule has 0 bridgehead atoms. The van der Waals surface area contributed by atoms with Crippen LogP contribution in [0.1, 0.15) is 40.5 Å². The van der Waals surface area contributed by atoms with Crippen LogP contribution in [-0.4, -0.2) is 13.7 Å². The van der Waals surface area contributed by atoms with Crippen LogP contribution < -0.4 is 0 Å². The highest BCUT2D eigenvalue weighted by Gasteiger charge is 2.42. The molecule has 0 aromatic rings. The molecule has 1 saturated carbocycles. The van der Waals surface area contributed by atoms with Gasteiger partial charge in [0.1, 0.15) is 0 Å². The van der Waals surface area contributed by atoms with Crippen LogP contribution in [0.2, 0.25) is 0 Å². The first-order valence-corrected chi connectivity index (χ1v) is 5.30. The Balaban J connectivity index is 2.43. The number of rotatable bonds is 4. The van der Waals surface area contributed by atoms with Crippen LogP contribution in [0.5, 0.6) is 0 Å². The third-order valence-electron chi connectivity index (χ3n) is 3.37. The molecule has 79 valence electrons. The molecule has 0 spiro atoms. The molecule has 0 aromatic carbocycles. The van der Waals surface area contributed by atoms with Gasteiger partial charge in [0, 0.05) is 13.7 Å². The number of hydrogen-bond donors (Lipinski definition) is 0. The van der Waals surface area contributed by atoms with Crippen molar-refractivity contribution >= 4 is 0 Å². The first-order chi connectivity index (χ1) is 6.59. The van der Waals surface area contributed by atoms with E-state index in [-0.39, 0.29) is 0 Å². The summed E-state index contributed by atoms with van der Waals surface area (Å²) in [5, 5.41) is 0. The van der Waals surface area contributed by atoms with Crippen LogP contribution in [0.3, 0.4) is 0 Å². The van der Waals surface area contributed by atoms with Gasteiger partial charge in [0.05, 0.1) is 0 Å². The molecule has 0 unspecified atom stereocenters. The minimum Gasteiger partial charge on any atom is -0.385 e. The second kappa shape index (κ2) is 5.16.